The largest absolute Gasteiger partial charge is 0.337 e. The second kappa shape index (κ2) is 8.96. The van der Waals surface area contributed by atoms with Gasteiger partial charge in [0, 0.05) is 54.1 Å². The molecule has 6 nitrogen and oxygen atoms in total. The predicted octanol–water partition coefficient (Wildman–Crippen LogP) is 4.99. The van der Waals surface area contributed by atoms with E-state index < -0.39 is 0 Å². The van der Waals surface area contributed by atoms with Gasteiger partial charge in [0.25, 0.3) is 5.91 Å². The Labute approximate surface area is 191 Å². The number of aryl methyl sites for hydroxylation is 1. The van der Waals surface area contributed by atoms with Crippen molar-refractivity contribution in [1.29, 1.82) is 0 Å². The Bertz CT molecular complexity index is 1230. The molecule has 1 unspecified atom stereocenters. The van der Waals surface area contributed by atoms with Crippen molar-refractivity contribution in [3.8, 4) is 22.5 Å². The second-order valence-electron chi connectivity index (χ2n) is 7.94. The van der Waals surface area contributed by atoms with Gasteiger partial charge >= 0.3 is 0 Å². The average molecular weight is 442 g/mol. The quantitative estimate of drug-likeness (QED) is 0.446. The lowest BCUT2D eigenvalue weighted by Crippen LogP contribution is -2.39. The maximum Gasteiger partial charge on any atom is 0.273 e. The van der Waals surface area contributed by atoms with Crippen molar-refractivity contribution >= 4 is 17.2 Å². The summed E-state index contributed by atoms with van der Waals surface area (Å²) in [4.78, 5) is 33.2. The lowest BCUT2D eigenvalue weighted by Gasteiger charge is -2.33. The van der Waals surface area contributed by atoms with E-state index >= 15 is 0 Å². The molecule has 5 rings (SSSR count). The number of piperidine rings is 1. The number of hydrogen-bond acceptors (Lipinski definition) is 6. The monoisotopic (exact) mass is 441 g/mol. The van der Waals surface area contributed by atoms with Gasteiger partial charge in [0.1, 0.15) is 5.69 Å². The number of rotatable bonds is 4. The van der Waals surface area contributed by atoms with Gasteiger partial charge in [-0.3, -0.25) is 9.78 Å². The van der Waals surface area contributed by atoms with Gasteiger partial charge in [0.05, 0.1) is 10.7 Å². The number of benzene rings is 1. The van der Waals surface area contributed by atoms with Crippen molar-refractivity contribution in [1.82, 2.24) is 24.8 Å². The van der Waals surface area contributed by atoms with Gasteiger partial charge in [-0.2, -0.15) is 0 Å². The van der Waals surface area contributed by atoms with E-state index in [-0.39, 0.29) is 11.8 Å². The maximum absolute atomic E-state index is 13.1. The molecule has 4 aromatic rings. The van der Waals surface area contributed by atoms with Crippen LogP contribution in [0.2, 0.25) is 0 Å². The van der Waals surface area contributed by atoms with Crippen LogP contribution in [-0.4, -0.2) is 43.8 Å². The Hall–Kier alpha value is -3.45. The highest BCUT2D eigenvalue weighted by Gasteiger charge is 2.29. The van der Waals surface area contributed by atoms with Gasteiger partial charge in [-0.25, -0.2) is 15.0 Å². The molecule has 0 spiro atoms. The number of amides is 1. The minimum Gasteiger partial charge on any atom is -0.337 e. The third kappa shape index (κ3) is 4.16. The number of aromatic nitrogens is 4. The van der Waals surface area contributed by atoms with Crippen LogP contribution in [0.4, 0.5) is 0 Å². The maximum atomic E-state index is 13.1. The highest BCUT2D eigenvalue weighted by atomic mass is 32.1. The van der Waals surface area contributed by atoms with Crippen LogP contribution >= 0.6 is 11.3 Å². The zero-order valence-electron chi connectivity index (χ0n) is 17.8. The van der Waals surface area contributed by atoms with Gasteiger partial charge in [-0.15, -0.1) is 11.3 Å². The Morgan fingerprint density at radius 1 is 1.06 bits per heavy atom. The molecule has 160 valence electrons. The van der Waals surface area contributed by atoms with Crippen molar-refractivity contribution in [3.05, 3.63) is 82.8 Å². The summed E-state index contributed by atoms with van der Waals surface area (Å²) in [5.41, 5.74) is 4.57. The molecule has 0 bridgehead atoms. The first-order valence-corrected chi connectivity index (χ1v) is 11.6. The molecular weight excluding hydrogens is 418 g/mol. The topological polar surface area (TPSA) is 71.9 Å². The molecule has 4 heterocycles. The van der Waals surface area contributed by atoms with Gasteiger partial charge < -0.3 is 4.90 Å². The van der Waals surface area contributed by atoms with Crippen molar-refractivity contribution in [3.63, 3.8) is 0 Å². The molecule has 1 fully saturated rings. The number of carbonyl (C=O) groups excluding carboxylic acids is 1. The summed E-state index contributed by atoms with van der Waals surface area (Å²) in [5.74, 6) is 0.815. The van der Waals surface area contributed by atoms with E-state index in [9.17, 15) is 4.79 Å². The molecule has 1 amide bonds. The summed E-state index contributed by atoms with van der Waals surface area (Å²) in [7, 11) is 0. The minimum atomic E-state index is 0.00345. The SMILES string of the molecule is Cc1nc(C(=O)N2CCCC(c3nc(-c4ccncc4)ncc3-c3ccccc3)C2)cs1. The molecule has 7 heteroatoms. The average Bonchev–Trinajstić information content (AvgIpc) is 3.30. The summed E-state index contributed by atoms with van der Waals surface area (Å²) < 4.78 is 0. The number of nitrogens with zero attached hydrogens (tertiary/aromatic N) is 5. The highest BCUT2D eigenvalue weighted by molar-refractivity contribution is 7.09. The zero-order valence-corrected chi connectivity index (χ0v) is 18.6. The van der Waals surface area contributed by atoms with Crippen LogP contribution in [0.5, 0.6) is 0 Å². The standard InChI is InChI=1S/C25H23N5OS/c1-17-28-22(16-32-17)25(31)30-13-5-8-20(15-30)23-21(18-6-3-2-4-7-18)14-27-24(29-23)19-9-11-26-12-10-19/h2-4,6-7,9-12,14,16,20H,5,8,13,15H2,1H3. The van der Waals surface area contributed by atoms with Crippen LogP contribution in [0.25, 0.3) is 22.5 Å². The van der Waals surface area contributed by atoms with E-state index in [0.29, 0.717) is 18.1 Å². The molecule has 0 N–H and O–H groups in total. The number of likely N-dealkylation sites (tertiary alicyclic amines) is 1. The van der Waals surface area contributed by atoms with Crippen molar-refractivity contribution in [2.24, 2.45) is 0 Å². The first-order valence-electron chi connectivity index (χ1n) is 10.7. The fraction of sp³-hybridized carbons (Fsp3) is 0.240. The number of carbonyl (C=O) groups is 1. The Kier molecular flexibility index (Phi) is 5.73. The fourth-order valence-electron chi connectivity index (χ4n) is 4.19. The first kappa shape index (κ1) is 20.5. The zero-order chi connectivity index (χ0) is 21.9. The first-order chi connectivity index (χ1) is 15.7. The van der Waals surface area contributed by atoms with E-state index in [0.717, 1.165) is 46.8 Å². The molecule has 0 aliphatic carbocycles. The highest BCUT2D eigenvalue weighted by Crippen LogP contribution is 2.34. The van der Waals surface area contributed by atoms with Crippen LogP contribution in [0.15, 0.2) is 66.4 Å². The summed E-state index contributed by atoms with van der Waals surface area (Å²) >= 11 is 1.51. The number of hydrogen-bond donors (Lipinski definition) is 0. The number of thiazole rings is 1. The minimum absolute atomic E-state index is 0.00345. The normalized spacial score (nSPS) is 16.2. The van der Waals surface area contributed by atoms with E-state index in [2.05, 4.69) is 27.1 Å². The van der Waals surface area contributed by atoms with Crippen LogP contribution in [0, 0.1) is 6.92 Å². The smallest absolute Gasteiger partial charge is 0.273 e. The van der Waals surface area contributed by atoms with Crippen LogP contribution in [0.1, 0.15) is 39.9 Å². The van der Waals surface area contributed by atoms with Gasteiger partial charge in [-0.05, 0) is 37.5 Å². The molecule has 1 aliphatic heterocycles. The summed E-state index contributed by atoms with van der Waals surface area (Å²) in [6, 6.07) is 14.1. The summed E-state index contributed by atoms with van der Waals surface area (Å²) in [6.07, 6.45) is 7.33. The van der Waals surface area contributed by atoms with Crippen LogP contribution in [0.3, 0.4) is 0 Å². The summed E-state index contributed by atoms with van der Waals surface area (Å²) in [6.45, 7) is 3.30. The molecule has 1 aromatic carbocycles. The molecule has 1 aliphatic rings. The molecule has 0 radical (unpaired) electrons. The summed E-state index contributed by atoms with van der Waals surface area (Å²) in [5, 5.41) is 2.76. The van der Waals surface area contributed by atoms with E-state index in [1.807, 2.05) is 53.7 Å². The second-order valence-corrected chi connectivity index (χ2v) is 9.00. The Balaban J connectivity index is 1.52. The molecular formula is C25H23N5OS. The van der Waals surface area contributed by atoms with Crippen molar-refractivity contribution < 1.29 is 4.79 Å². The Morgan fingerprint density at radius 3 is 2.62 bits per heavy atom. The lowest BCUT2D eigenvalue weighted by molar-refractivity contribution is 0.0700. The molecule has 1 saturated heterocycles. The van der Waals surface area contributed by atoms with Gasteiger partial charge in [-0.1, -0.05) is 30.3 Å². The van der Waals surface area contributed by atoms with E-state index in [1.165, 1.54) is 11.3 Å². The fourth-order valence-corrected chi connectivity index (χ4v) is 4.78. The third-order valence-corrected chi connectivity index (χ3v) is 6.55. The van der Waals surface area contributed by atoms with Crippen LogP contribution < -0.4 is 0 Å². The van der Waals surface area contributed by atoms with E-state index in [1.54, 1.807) is 12.4 Å². The Morgan fingerprint density at radius 2 is 1.88 bits per heavy atom. The molecule has 3 aromatic heterocycles. The molecule has 1 atom stereocenters. The number of pyridine rings is 1. The predicted molar refractivity (Wildman–Crippen MR) is 125 cm³/mol. The van der Waals surface area contributed by atoms with Crippen molar-refractivity contribution in [2.75, 3.05) is 13.1 Å². The van der Waals surface area contributed by atoms with E-state index in [4.69, 9.17) is 4.98 Å². The molecule has 0 saturated carbocycles. The van der Waals surface area contributed by atoms with Gasteiger partial charge in [0.15, 0.2) is 5.82 Å². The van der Waals surface area contributed by atoms with Crippen molar-refractivity contribution in [2.45, 2.75) is 25.7 Å². The van der Waals surface area contributed by atoms with Gasteiger partial charge in [0.2, 0.25) is 0 Å². The van der Waals surface area contributed by atoms with Crippen LogP contribution in [-0.2, 0) is 0 Å². The molecule has 32 heavy (non-hydrogen) atoms. The third-order valence-electron chi connectivity index (χ3n) is 5.77. The lowest BCUT2D eigenvalue weighted by atomic mass is 9.89.